The number of nitrogens with zero attached hydrogens (tertiary/aromatic N) is 1. The van der Waals surface area contributed by atoms with E-state index in [1.807, 2.05) is 0 Å². The molecule has 2 unspecified atom stereocenters. The van der Waals surface area contributed by atoms with Crippen LogP contribution in [0.3, 0.4) is 0 Å². The Morgan fingerprint density at radius 1 is 1.21 bits per heavy atom. The zero-order valence-corrected chi connectivity index (χ0v) is 12.1. The van der Waals surface area contributed by atoms with Gasteiger partial charge in [-0.3, -0.25) is 9.69 Å². The predicted molar refractivity (Wildman–Crippen MR) is 74.0 cm³/mol. The van der Waals surface area contributed by atoms with Gasteiger partial charge in [-0.05, 0) is 12.8 Å². The van der Waals surface area contributed by atoms with Crippen LogP contribution >= 0.6 is 0 Å². The molecular formula is C15H27NO3. The van der Waals surface area contributed by atoms with E-state index in [1.165, 1.54) is 19.3 Å². The average Bonchev–Trinajstić information content (AvgIpc) is 2.76. The van der Waals surface area contributed by atoms with Crippen LogP contribution in [-0.4, -0.2) is 49.8 Å². The van der Waals surface area contributed by atoms with Crippen molar-refractivity contribution in [3.8, 4) is 0 Å². The van der Waals surface area contributed by atoms with Gasteiger partial charge in [0, 0.05) is 19.6 Å². The minimum absolute atomic E-state index is 0.0368. The lowest BCUT2D eigenvalue weighted by Gasteiger charge is -2.28. The van der Waals surface area contributed by atoms with Gasteiger partial charge in [-0.1, -0.05) is 32.6 Å². The molecule has 2 saturated heterocycles. The van der Waals surface area contributed by atoms with Crippen molar-refractivity contribution >= 4 is 5.97 Å². The number of esters is 1. The normalized spacial score (nSPS) is 28.6. The van der Waals surface area contributed by atoms with E-state index < -0.39 is 0 Å². The molecule has 0 spiro atoms. The molecule has 110 valence electrons. The molecule has 0 aromatic heterocycles. The second-order valence-electron chi connectivity index (χ2n) is 5.75. The van der Waals surface area contributed by atoms with Crippen molar-refractivity contribution in [2.24, 2.45) is 5.92 Å². The Bertz CT molecular complexity index is 277. The van der Waals surface area contributed by atoms with Crippen LogP contribution in [0.2, 0.25) is 0 Å². The van der Waals surface area contributed by atoms with Gasteiger partial charge >= 0.3 is 5.97 Å². The van der Waals surface area contributed by atoms with Crippen molar-refractivity contribution in [3.05, 3.63) is 0 Å². The van der Waals surface area contributed by atoms with Crippen LogP contribution in [0.15, 0.2) is 0 Å². The van der Waals surface area contributed by atoms with Crippen LogP contribution in [-0.2, 0) is 14.3 Å². The summed E-state index contributed by atoms with van der Waals surface area (Å²) in [6.07, 6.45) is 6.97. The summed E-state index contributed by atoms with van der Waals surface area (Å²) in [5.41, 5.74) is 0. The van der Waals surface area contributed by atoms with Crippen molar-refractivity contribution in [2.75, 3.05) is 32.8 Å². The molecule has 19 heavy (non-hydrogen) atoms. The first kappa shape index (κ1) is 14.8. The molecule has 2 fully saturated rings. The smallest absolute Gasteiger partial charge is 0.309 e. The van der Waals surface area contributed by atoms with Gasteiger partial charge in [-0.25, -0.2) is 0 Å². The second-order valence-corrected chi connectivity index (χ2v) is 5.75. The number of rotatable bonds is 7. The maximum Gasteiger partial charge on any atom is 0.309 e. The quantitative estimate of drug-likeness (QED) is 0.525. The van der Waals surface area contributed by atoms with E-state index in [0.29, 0.717) is 0 Å². The second kappa shape index (κ2) is 7.85. The first-order valence-corrected chi connectivity index (χ1v) is 7.80. The number of ether oxygens (including phenoxy) is 2. The number of hydrogen-bond donors (Lipinski definition) is 0. The molecule has 4 nitrogen and oxygen atoms in total. The summed E-state index contributed by atoms with van der Waals surface area (Å²) in [6.45, 7) is 6.65. The van der Waals surface area contributed by atoms with Gasteiger partial charge in [0.05, 0.1) is 19.1 Å². The molecule has 2 aliphatic heterocycles. The standard InChI is InChI=1S/C15H27NO3/c1-2-3-4-5-6-13-11-14(19-15(13)17)12-16-7-9-18-10-8-16/h13-14H,2-12H2,1H3. The van der Waals surface area contributed by atoms with Gasteiger partial charge in [0.2, 0.25) is 0 Å². The summed E-state index contributed by atoms with van der Waals surface area (Å²) in [4.78, 5) is 14.2. The molecular weight excluding hydrogens is 242 g/mol. The van der Waals surface area contributed by atoms with Gasteiger partial charge in [0.1, 0.15) is 6.10 Å². The molecule has 0 aliphatic carbocycles. The number of cyclic esters (lactones) is 1. The molecule has 4 heteroatoms. The van der Waals surface area contributed by atoms with Crippen LogP contribution < -0.4 is 0 Å². The van der Waals surface area contributed by atoms with Crippen molar-refractivity contribution in [2.45, 2.75) is 51.6 Å². The lowest BCUT2D eigenvalue weighted by molar-refractivity contribution is -0.145. The molecule has 2 heterocycles. The lowest BCUT2D eigenvalue weighted by Crippen LogP contribution is -2.40. The molecule has 0 amide bonds. The molecule has 0 N–H and O–H groups in total. The molecule has 2 atom stereocenters. The van der Waals surface area contributed by atoms with E-state index in [0.717, 1.165) is 52.1 Å². The van der Waals surface area contributed by atoms with Crippen molar-refractivity contribution in [1.82, 2.24) is 4.90 Å². The molecule has 0 aromatic rings. The monoisotopic (exact) mass is 269 g/mol. The fraction of sp³-hybridized carbons (Fsp3) is 0.933. The Morgan fingerprint density at radius 3 is 2.74 bits per heavy atom. The number of unbranched alkanes of at least 4 members (excludes halogenated alkanes) is 3. The fourth-order valence-corrected chi connectivity index (χ4v) is 2.96. The molecule has 2 aliphatic rings. The zero-order chi connectivity index (χ0) is 13.5. The van der Waals surface area contributed by atoms with Crippen LogP contribution in [0, 0.1) is 5.92 Å². The highest BCUT2D eigenvalue weighted by Crippen LogP contribution is 2.27. The molecule has 2 rings (SSSR count). The third kappa shape index (κ3) is 4.77. The van der Waals surface area contributed by atoms with E-state index in [1.54, 1.807) is 0 Å². The number of hydrogen-bond acceptors (Lipinski definition) is 4. The van der Waals surface area contributed by atoms with Crippen molar-refractivity contribution < 1.29 is 14.3 Å². The Kier molecular flexibility index (Phi) is 6.11. The van der Waals surface area contributed by atoms with Crippen LogP contribution in [0.25, 0.3) is 0 Å². The van der Waals surface area contributed by atoms with Crippen molar-refractivity contribution in [3.63, 3.8) is 0 Å². The summed E-state index contributed by atoms with van der Waals surface area (Å²) in [6, 6.07) is 0. The maximum atomic E-state index is 11.8. The Balaban J connectivity index is 1.66. The Morgan fingerprint density at radius 2 is 2.00 bits per heavy atom. The molecule has 0 aromatic carbocycles. The van der Waals surface area contributed by atoms with Gasteiger partial charge in [0.25, 0.3) is 0 Å². The number of carbonyl (C=O) groups excluding carboxylic acids is 1. The van der Waals surface area contributed by atoms with E-state index >= 15 is 0 Å². The van der Waals surface area contributed by atoms with Gasteiger partial charge in [-0.15, -0.1) is 0 Å². The van der Waals surface area contributed by atoms with Crippen LogP contribution in [0.5, 0.6) is 0 Å². The number of carbonyl (C=O) groups is 1. The van der Waals surface area contributed by atoms with Crippen LogP contribution in [0.4, 0.5) is 0 Å². The molecule has 0 bridgehead atoms. The van der Waals surface area contributed by atoms with Gasteiger partial charge in [0.15, 0.2) is 0 Å². The van der Waals surface area contributed by atoms with Crippen LogP contribution in [0.1, 0.15) is 45.4 Å². The highest BCUT2D eigenvalue weighted by atomic mass is 16.6. The zero-order valence-electron chi connectivity index (χ0n) is 12.1. The minimum Gasteiger partial charge on any atom is -0.461 e. The first-order valence-electron chi connectivity index (χ1n) is 7.80. The summed E-state index contributed by atoms with van der Waals surface area (Å²) in [5, 5.41) is 0. The minimum atomic E-state index is 0.0368. The van der Waals surface area contributed by atoms with Crippen molar-refractivity contribution in [1.29, 1.82) is 0 Å². The predicted octanol–water partition coefficient (Wildman–Crippen LogP) is 2.22. The average molecular weight is 269 g/mol. The largest absolute Gasteiger partial charge is 0.461 e. The van der Waals surface area contributed by atoms with Gasteiger partial charge in [-0.2, -0.15) is 0 Å². The van der Waals surface area contributed by atoms with E-state index in [9.17, 15) is 4.79 Å². The first-order chi connectivity index (χ1) is 9.29. The molecule has 0 radical (unpaired) electrons. The Labute approximate surface area is 116 Å². The number of morpholine rings is 1. The maximum absolute atomic E-state index is 11.8. The topological polar surface area (TPSA) is 38.8 Å². The fourth-order valence-electron chi connectivity index (χ4n) is 2.96. The summed E-state index contributed by atoms with van der Waals surface area (Å²) in [5.74, 6) is 0.192. The van der Waals surface area contributed by atoms with E-state index in [2.05, 4.69) is 11.8 Å². The third-order valence-electron chi connectivity index (χ3n) is 4.14. The lowest BCUT2D eigenvalue weighted by atomic mass is 9.97. The van der Waals surface area contributed by atoms with E-state index in [-0.39, 0.29) is 18.0 Å². The Hall–Kier alpha value is -0.610. The summed E-state index contributed by atoms with van der Waals surface area (Å²) >= 11 is 0. The highest BCUT2D eigenvalue weighted by Gasteiger charge is 2.34. The van der Waals surface area contributed by atoms with E-state index in [4.69, 9.17) is 9.47 Å². The summed E-state index contributed by atoms with van der Waals surface area (Å²) < 4.78 is 10.8. The van der Waals surface area contributed by atoms with Gasteiger partial charge < -0.3 is 9.47 Å². The SMILES string of the molecule is CCCCCCC1CC(CN2CCOCC2)OC1=O. The molecule has 0 saturated carbocycles. The summed E-state index contributed by atoms with van der Waals surface area (Å²) in [7, 11) is 0. The third-order valence-corrected chi connectivity index (χ3v) is 4.14. The highest BCUT2D eigenvalue weighted by molar-refractivity contribution is 5.74.